The molecule has 0 saturated carbocycles. The molecule has 2 nitrogen and oxygen atoms in total. The van der Waals surface area contributed by atoms with Crippen LogP contribution >= 0.6 is 0 Å². The summed E-state index contributed by atoms with van der Waals surface area (Å²) in [5, 5.41) is 0. The Balaban J connectivity index is 1.79. The summed E-state index contributed by atoms with van der Waals surface area (Å²) in [7, 11) is 0. The Bertz CT molecular complexity index is 463. The van der Waals surface area contributed by atoms with E-state index in [1.807, 2.05) is 0 Å². The molecule has 1 aromatic carbocycles. The zero-order chi connectivity index (χ0) is 17.3. The highest BCUT2D eigenvalue weighted by Crippen LogP contribution is 2.32. The van der Waals surface area contributed by atoms with Crippen LogP contribution in [0.5, 0.6) is 5.75 Å². The number of benzene rings is 1. The Labute approximate surface area is 148 Å². The number of para-hydroxylation sites is 1. The Morgan fingerprint density at radius 3 is 2.54 bits per heavy atom. The van der Waals surface area contributed by atoms with Crippen LogP contribution in [0.4, 0.5) is 0 Å². The van der Waals surface area contributed by atoms with Gasteiger partial charge in [-0.3, -0.25) is 0 Å². The van der Waals surface area contributed by atoms with Crippen LogP contribution in [0.15, 0.2) is 24.3 Å². The molecule has 2 heteroatoms. The first-order chi connectivity index (χ1) is 11.7. The van der Waals surface area contributed by atoms with Crippen LogP contribution in [0.25, 0.3) is 0 Å². The van der Waals surface area contributed by atoms with Crippen molar-refractivity contribution in [2.24, 2.45) is 0 Å². The molecule has 0 aromatic heterocycles. The first-order valence-electron chi connectivity index (χ1n) is 9.89. The minimum Gasteiger partial charge on any atom is -0.487 e. The van der Waals surface area contributed by atoms with E-state index >= 15 is 0 Å². The number of aryl methyl sites for hydroxylation is 1. The number of rotatable bonds is 11. The lowest BCUT2D eigenvalue weighted by Crippen LogP contribution is -2.40. The third-order valence-corrected chi connectivity index (χ3v) is 5.20. The molecule has 2 atom stereocenters. The smallest absolute Gasteiger partial charge is 0.125 e. The summed E-state index contributed by atoms with van der Waals surface area (Å²) >= 11 is 0. The van der Waals surface area contributed by atoms with Gasteiger partial charge in [-0.05, 0) is 51.2 Å². The van der Waals surface area contributed by atoms with Gasteiger partial charge in [0, 0.05) is 6.61 Å². The molecule has 135 valence electrons. The van der Waals surface area contributed by atoms with Crippen LogP contribution in [-0.2, 0) is 11.2 Å². The fraction of sp³-hybridized carbons (Fsp3) is 0.682. The summed E-state index contributed by atoms with van der Waals surface area (Å²) in [6.07, 6.45) is 12.5. The average molecular weight is 332 g/mol. The number of ether oxygens (including phenoxy) is 2. The maximum atomic E-state index is 6.26. The van der Waals surface area contributed by atoms with Gasteiger partial charge in [0.25, 0.3) is 0 Å². The van der Waals surface area contributed by atoms with Crippen molar-refractivity contribution >= 4 is 0 Å². The molecule has 1 heterocycles. The van der Waals surface area contributed by atoms with Gasteiger partial charge in [-0.25, -0.2) is 0 Å². The number of hydrogen-bond donors (Lipinski definition) is 0. The van der Waals surface area contributed by atoms with Crippen molar-refractivity contribution in [3.8, 4) is 5.75 Å². The third kappa shape index (κ3) is 5.81. The van der Waals surface area contributed by atoms with E-state index in [0.29, 0.717) is 0 Å². The van der Waals surface area contributed by atoms with Gasteiger partial charge >= 0.3 is 0 Å². The summed E-state index contributed by atoms with van der Waals surface area (Å²) in [5.41, 5.74) is 0.936. The van der Waals surface area contributed by atoms with Crippen LogP contribution in [0.1, 0.15) is 77.2 Å². The second kappa shape index (κ2) is 10.1. The van der Waals surface area contributed by atoms with Crippen molar-refractivity contribution in [3.05, 3.63) is 36.8 Å². The zero-order valence-electron chi connectivity index (χ0n) is 15.7. The lowest BCUT2D eigenvalue weighted by atomic mass is 9.96. The van der Waals surface area contributed by atoms with Crippen molar-refractivity contribution in [2.45, 2.75) is 89.8 Å². The van der Waals surface area contributed by atoms with E-state index in [1.54, 1.807) is 0 Å². The molecule has 2 unspecified atom stereocenters. The van der Waals surface area contributed by atoms with Crippen LogP contribution in [-0.4, -0.2) is 18.3 Å². The normalized spacial score (nSPS) is 21.8. The highest BCUT2D eigenvalue weighted by atomic mass is 16.6. The monoisotopic (exact) mass is 331 g/mol. The average Bonchev–Trinajstić information content (AvgIpc) is 3.03. The highest BCUT2D eigenvalue weighted by Gasteiger charge is 2.37. The van der Waals surface area contributed by atoms with Crippen molar-refractivity contribution in [2.75, 3.05) is 6.61 Å². The molecule has 0 aliphatic carbocycles. The maximum Gasteiger partial charge on any atom is 0.125 e. The zero-order valence-corrected chi connectivity index (χ0v) is 15.7. The maximum absolute atomic E-state index is 6.26. The highest BCUT2D eigenvalue weighted by molar-refractivity contribution is 5.33. The third-order valence-electron chi connectivity index (χ3n) is 5.20. The molecule has 0 N–H and O–H groups in total. The number of unbranched alkanes of at least 4 members (excludes halogenated alkanes) is 6. The molecule has 1 saturated heterocycles. The summed E-state index contributed by atoms with van der Waals surface area (Å²) < 4.78 is 12.1. The molecule has 1 aliphatic heterocycles. The molecule has 1 aliphatic rings. The molecule has 1 fully saturated rings. The van der Waals surface area contributed by atoms with Crippen LogP contribution < -0.4 is 4.74 Å². The SMILES string of the molecule is [CH2]C1(C(C)Oc2ccccc2CCCCCCCCC)CCCO1. The largest absolute Gasteiger partial charge is 0.487 e. The van der Waals surface area contributed by atoms with Gasteiger partial charge < -0.3 is 9.47 Å². The first kappa shape index (κ1) is 19.3. The van der Waals surface area contributed by atoms with Crippen LogP contribution in [0.3, 0.4) is 0 Å². The molecule has 1 aromatic rings. The van der Waals surface area contributed by atoms with Crippen molar-refractivity contribution in [3.63, 3.8) is 0 Å². The Hall–Kier alpha value is -1.02. The van der Waals surface area contributed by atoms with Gasteiger partial charge in [0.15, 0.2) is 0 Å². The number of hydrogen-bond acceptors (Lipinski definition) is 2. The fourth-order valence-electron chi connectivity index (χ4n) is 3.44. The van der Waals surface area contributed by atoms with Crippen molar-refractivity contribution < 1.29 is 9.47 Å². The standard InChI is InChI=1S/C22H35O2/c1-4-5-6-7-8-9-10-14-20-15-11-12-16-21(20)24-19(2)22(3)17-13-18-23-22/h11-12,15-16,19H,3-10,13-14,17-18H2,1-2H3. The first-order valence-corrected chi connectivity index (χ1v) is 9.89. The van der Waals surface area contributed by atoms with Gasteiger partial charge in [-0.15, -0.1) is 0 Å². The van der Waals surface area contributed by atoms with Gasteiger partial charge in [0.1, 0.15) is 17.5 Å². The van der Waals surface area contributed by atoms with E-state index in [1.165, 1.54) is 50.5 Å². The van der Waals surface area contributed by atoms with Crippen molar-refractivity contribution in [1.82, 2.24) is 0 Å². The van der Waals surface area contributed by atoms with E-state index in [9.17, 15) is 0 Å². The molecular formula is C22H35O2. The predicted octanol–water partition coefficient (Wildman–Crippen LogP) is 6.13. The van der Waals surface area contributed by atoms with Gasteiger partial charge in [0.05, 0.1) is 0 Å². The minimum absolute atomic E-state index is 0.0183. The lowest BCUT2D eigenvalue weighted by molar-refractivity contribution is -0.0391. The van der Waals surface area contributed by atoms with Gasteiger partial charge in [0.2, 0.25) is 0 Å². The summed E-state index contributed by atoms with van der Waals surface area (Å²) in [5.74, 6) is 1.01. The second-order valence-electron chi connectivity index (χ2n) is 7.26. The Kier molecular flexibility index (Phi) is 8.11. The lowest BCUT2D eigenvalue weighted by Gasteiger charge is -2.31. The van der Waals surface area contributed by atoms with E-state index in [2.05, 4.69) is 45.0 Å². The van der Waals surface area contributed by atoms with E-state index < -0.39 is 0 Å². The van der Waals surface area contributed by atoms with Gasteiger partial charge in [-0.1, -0.05) is 63.6 Å². The molecular weight excluding hydrogens is 296 g/mol. The topological polar surface area (TPSA) is 18.5 Å². The van der Waals surface area contributed by atoms with Gasteiger partial charge in [-0.2, -0.15) is 0 Å². The van der Waals surface area contributed by atoms with E-state index in [0.717, 1.165) is 31.6 Å². The Morgan fingerprint density at radius 1 is 1.12 bits per heavy atom. The second-order valence-corrected chi connectivity index (χ2v) is 7.26. The van der Waals surface area contributed by atoms with Crippen molar-refractivity contribution in [1.29, 1.82) is 0 Å². The predicted molar refractivity (Wildman–Crippen MR) is 102 cm³/mol. The molecule has 2 rings (SSSR count). The van der Waals surface area contributed by atoms with E-state index in [-0.39, 0.29) is 11.7 Å². The molecule has 0 spiro atoms. The Morgan fingerprint density at radius 2 is 1.83 bits per heavy atom. The van der Waals surface area contributed by atoms with Crippen LogP contribution in [0.2, 0.25) is 0 Å². The summed E-state index contributed by atoms with van der Waals surface area (Å²) in [6.45, 7) is 9.42. The quantitative estimate of drug-likeness (QED) is 0.454. The minimum atomic E-state index is -0.383. The van der Waals surface area contributed by atoms with E-state index in [4.69, 9.17) is 9.47 Å². The fourth-order valence-corrected chi connectivity index (χ4v) is 3.44. The van der Waals surface area contributed by atoms with Crippen LogP contribution in [0, 0.1) is 6.92 Å². The summed E-state index contributed by atoms with van der Waals surface area (Å²) in [4.78, 5) is 0. The molecule has 24 heavy (non-hydrogen) atoms. The summed E-state index contributed by atoms with van der Waals surface area (Å²) in [6, 6.07) is 8.46. The molecule has 0 amide bonds. The molecule has 1 radical (unpaired) electrons. The molecule has 0 bridgehead atoms.